The summed E-state index contributed by atoms with van der Waals surface area (Å²) in [5, 5.41) is 13.0. The highest BCUT2D eigenvalue weighted by Gasteiger charge is 2.29. The van der Waals surface area contributed by atoms with Gasteiger partial charge in [-0.2, -0.15) is 0 Å². The number of phenolic OH excluding ortho intramolecular Hbond substituents is 1. The van der Waals surface area contributed by atoms with E-state index in [0.29, 0.717) is 18.1 Å². The maximum atomic E-state index is 13.0. The molecule has 8 aromatic rings. The molecule has 8 rings (SSSR count). The first kappa shape index (κ1) is 21.2. The van der Waals surface area contributed by atoms with Gasteiger partial charge in [-0.05, 0) is 122 Å². The summed E-state index contributed by atoms with van der Waals surface area (Å²) in [5.74, 6) is -1.98. The van der Waals surface area contributed by atoms with Crippen molar-refractivity contribution in [3.8, 4) is 67.5 Å². The van der Waals surface area contributed by atoms with E-state index >= 15 is 0 Å². The van der Waals surface area contributed by atoms with Gasteiger partial charge in [0.2, 0.25) is 0 Å². The molecule has 0 aliphatic heterocycles. The highest BCUT2D eigenvalue weighted by Crippen LogP contribution is 2.45. The second kappa shape index (κ2) is 16.2. The number of hydrogen-bond donors (Lipinski definition) is 1. The minimum Gasteiger partial charge on any atom is -0.507 e. The van der Waals surface area contributed by atoms with Crippen LogP contribution in [0.25, 0.3) is 72.7 Å². The van der Waals surface area contributed by atoms with Gasteiger partial charge in [0.15, 0.2) is 0 Å². The van der Waals surface area contributed by atoms with Crippen LogP contribution in [0.15, 0.2) is 146 Å². The van der Waals surface area contributed by atoms with Gasteiger partial charge in [0, 0.05) is 53.2 Å². The summed E-state index contributed by atoms with van der Waals surface area (Å²) in [6.45, 7) is -15.5. The van der Waals surface area contributed by atoms with Crippen LogP contribution < -0.4 is 0 Å². The number of hydrogen-bond acceptors (Lipinski definition) is 3. The maximum absolute atomic E-state index is 13.0. The molecule has 0 atom stereocenters. The zero-order chi connectivity index (χ0) is 66.1. The predicted molar refractivity (Wildman–Crippen MR) is 262 cm³/mol. The van der Waals surface area contributed by atoms with Crippen molar-refractivity contribution in [2.75, 3.05) is 0 Å². The molecule has 1 N–H and O–H groups in total. The average Bonchev–Trinajstić information content (AvgIpc) is 0.997. The van der Waals surface area contributed by atoms with E-state index in [-0.39, 0.29) is 51.1 Å². The third-order valence-electron chi connectivity index (χ3n) is 10.7. The van der Waals surface area contributed by atoms with Crippen molar-refractivity contribution >= 4 is 11.0 Å². The molecule has 6 aromatic carbocycles. The van der Waals surface area contributed by atoms with E-state index in [1.165, 1.54) is 10.6 Å². The van der Waals surface area contributed by atoms with Gasteiger partial charge in [0.25, 0.3) is 0 Å². The smallest absolute Gasteiger partial charge is 0.149 e. The molecule has 62 heavy (non-hydrogen) atoms. The van der Waals surface area contributed by atoms with E-state index in [1.54, 1.807) is 48.5 Å². The fraction of sp³-hybridized carbons (Fsp3) is 0.276. The second-order valence-corrected chi connectivity index (χ2v) is 16.9. The molecule has 0 fully saturated rings. The summed E-state index contributed by atoms with van der Waals surface area (Å²) in [4.78, 5) is 9.43. The molecule has 0 amide bonds. The largest absolute Gasteiger partial charge is 0.507 e. The highest BCUT2D eigenvalue weighted by molar-refractivity contribution is 5.97. The average molecular weight is 842 g/mol. The molecule has 0 spiro atoms. The fourth-order valence-corrected chi connectivity index (χ4v) is 7.62. The standard InChI is InChI=1S/C58H61N3O/c1-37(2)29-41-33-46(25-26-47(41)39-21-16-13-17-22-39)61-52-24-18-23-48(53(52)60-55(61)49-35-45(57(6,7)8)36-50(54(49)62)58(9,10)11)42-30-43(32-44(31-42)56(3,4)5)51-34-40(27-28-59-51)38-19-14-12-15-20-38/h12-28,30-37,62H,29H2,1-11H3/i6D3,7D3,8D3,9D3,10D3,11D3,12D,14D,15D,19D,20D,27D,28D,34D. The third kappa shape index (κ3) is 8.48. The van der Waals surface area contributed by atoms with Gasteiger partial charge in [0.1, 0.15) is 11.6 Å². The van der Waals surface area contributed by atoms with Gasteiger partial charge in [-0.15, -0.1) is 0 Å². The summed E-state index contributed by atoms with van der Waals surface area (Å²) in [5.41, 5.74) is -10.2. The van der Waals surface area contributed by atoms with Crippen molar-refractivity contribution in [1.82, 2.24) is 14.5 Å². The zero-order valence-electron chi connectivity index (χ0n) is 60.8. The Bertz CT molecular complexity index is 3950. The molecule has 0 saturated carbocycles. The molecule has 314 valence electrons. The van der Waals surface area contributed by atoms with Crippen LogP contribution in [0.2, 0.25) is 0 Å². The van der Waals surface area contributed by atoms with Gasteiger partial charge in [-0.1, -0.05) is 167 Å². The Labute approximate surface area is 405 Å². The third-order valence-corrected chi connectivity index (χ3v) is 10.7. The van der Waals surface area contributed by atoms with Crippen LogP contribution in [-0.2, 0) is 22.7 Å². The zero-order valence-corrected chi connectivity index (χ0v) is 34.8. The first-order chi connectivity index (χ1) is 40.2. The fourth-order valence-electron chi connectivity index (χ4n) is 7.62. The van der Waals surface area contributed by atoms with Gasteiger partial charge < -0.3 is 5.11 Å². The Morgan fingerprint density at radius 1 is 0.645 bits per heavy atom. The van der Waals surface area contributed by atoms with Gasteiger partial charge in [-0.3, -0.25) is 9.55 Å². The van der Waals surface area contributed by atoms with E-state index in [1.807, 2.05) is 65.0 Å². The van der Waals surface area contributed by atoms with Crippen molar-refractivity contribution in [3.05, 3.63) is 168 Å². The van der Waals surface area contributed by atoms with E-state index < -0.39 is 145 Å². The molecule has 0 aliphatic carbocycles. The molecule has 0 radical (unpaired) electrons. The highest BCUT2D eigenvalue weighted by atomic mass is 16.3. The first-order valence-corrected chi connectivity index (χ1v) is 20.0. The van der Waals surface area contributed by atoms with Gasteiger partial charge in [-0.25, -0.2) is 4.98 Å². The van der Waals surface area contributed by atoms with Crippen LogP contribution in [0.1, 0.15) is 134 Å². The topological polar surface area (TPSA) is 50.9 Å². The lowest BCUT2D eigenvalue weighted by Gasteiger charge is -2.27. The Kier molecular flexibility index (Phi) is 5.55. The first-order valence-electron chi connectivity index (χ1n) is 33.0. The van der Waals surface area contributed by atoms with Crippen LogP contribution in [0.5, 0.6) is 5.75 Å². The number of nitrogens with zero attached hydrogens (tertiary/aromatic N) is 3. The van der Waals surface area contributed by atoms with Crippen LogP contribution in [0, 0.1) is 5.92 Å². The lowest BCUT2D eigenvalue weighted by molar-refractivity contribution is 0.446. The number of pyridine rings is 1. The van der Waals surface area contributed by atoms with E-state index in [2.05, 4.69) is 4.98 Å². The molecule has 2 heterocycles. The second-order valence-electron chi connectivity index (χ2n) is 16.9. The number of phenols is 1. The van der Waals surface area contributed by atoms with Crippen molar-refractivity contribution in [3.63, 3.8) is 0 Å². The molecule has 0 saturated heterocycles. The molecule has 2 aromatic heterocycles. The Balaban J connectivity index is 1.61. The molecule has 4 heteroatoms. The van der Waals surface area contributed by atoms with E-state index in [0.717, 1.165) is 16.7 Å². The van der Waals surface area contributed by atoms with E-state index in [4.69, 9.17) is 39.3 Å². The molecule has 0 bridgehead atoms. The van der Waals surface area contributed by atoms with Crippen molar-refractivity contribution in [2.45, 2.75) is 98.4 Å². The summed E-state index contributed by atoms with van der Waals surface area (Å²) >= 11 is 0. The molecular formula is C58H61N3O. The molecule has 4 nitrogen and oxygen atoms in total. The lowest BCUT2D eigenvalue weighted by Crippen LogP contribution is -2.17. The van der Waals surface area contributed by atoms with Gasteiger partial charge in [0.05, 0.1) is 33.3 Å². The number of fused-ring (bicyclic) bond motifs is 1. The monoisotopic (exact) mass is 842 g/mol. The normalized spacial score (nSPS) is 19.7. The quantitative estimate of drug-likeness (QED) is 0.166. The molecular weight excluding hydrogens is 755 g/mol. The lowest BCUT2D eigenvalue weighted by atomic mass is 9.79. The van der Waals surface area contributed by atoms with Crippen LogP contribution >= 0.6 is 0 Å². The number of benzene rings is 6. The minimum absolute atomic E-state index is 0.00631. The predicted octanol–water partition coefficient (Wildman–Crippen LogP) is 15.6. The Hall–Kier alpha value is -6.26. The maximum Gasteiger partial charge on any atom is 0.149 e. The SMILES string of the molecule is [2H]c1nc(-c2cc(-c3cccc4c3nc(-c3cc(C(C([2H])([2H])[2H])(C([2H])([2H])[2H])C([2H])([2H])[2H])cc(C(C([2H])([2H])[2H])(C([2H])([2H])[2H])C([2H])([2H])[2H])c3O)n4-c3ccc(-c4ccccc4)c(CC(C)C)c3)cc(C(C)(C)C)c2)c([2H])c(-c2c([2H])c([2H])c([2H])c([2H])c2[2H])c1[2H]. The summed E-state index contributed by atoms with van der Waals surface area (Å²) < 4.78 is 229. The summed E-state index contributed by atoms with van der Waals surface area (Å²) in [7, 11) is 0. The van der Waals surface area contributed by atoms with E-state index in [9.17, 15) is 6.48 Å². The van der Waals surface area contributed by atoms with Crippen molar-refractivity contribution in [1.29, 1.82) is 0 Å². The van der Waals surface area contributed by atoms with Crippen LogP contribution in [0.4, 0.5) is 0 Å². The Morgan fingerprint density at radius 3 is 2.08 bits per heavy atom. The number of aromatic nitrogens is 3. The van der Waals surface area contributed by atoms with Crippen molar-refractivity contribution in [2.24, 2.45) is 5.92 Å². The van der Waals surface area contributed by atoms with Crippen LogP contribution in [0.3, 0.4) is 0 Å². The number of rotatable bonds is 8. The summed E-state index contributed by atoms with van der Waals surface area (Å²) in [6, 6.07) is 20.0. The Morgan fingerprint density at radius 2 is 1.37 bits per heavy atom. The molecule has 0 aliphatic rings. The number of aromatic hydroxyl groups is 1. The van der Waals surface area contributed by atoms with Gasteiger partial charge >= 0.3 is 0 Å². The number of para-hydroxylation sites is 1. The minimum atomic E-state index is -4.22. The summed E-state index contributed by atoms with van der Waals surface area (Å²) in [6.07, 6.45) is -0.281. The van der Waals surface area contributed by atoms with Crippen molar-refractivity contribution < 1.29 is 40.7 Å². The van der Waals surface area contributed by atoms with Crippen LogP contribution in [-0.4, -0.2) is 19.6 Å². The molecule has 0 unspecified atom stereocenters. The number of imidazole rings is 1.